The zero-order chi connectivity index (χ0) is 16.3. The van der Waals surface area contributed by atoms with Gasteiger partial charge in [0, 0.05) is 32.2 Å². The van der Waals surface area contributed by atoms with Gasteiger partial charge in [-0.15, -0.1) is 0 Å². The Morgan fingerprint density at radius 1 is 1.41 bits per heavy atom. The van der Waals surface area contributed by atoms with Crippen LogP contribution in [0.5, 0.6) is 0 Å². The summed E-state index contributed by atoms with van der Waals surface area (Å²) in [6, 6.07) is 4.26. The van der Waals surface area contributed by atoms with Gasteiger partial charge in [0.05, 0.1) is 17.6 Å². The number of aliphatic hydroxyl groups excluding tert-OH is 1. The average Bonchev–Trinajstić information content (AvgIpc) is 2.53. The number of amides is 1. The molecule has 1 aliphatic heterocycles. The third-order valence-corrected chi connectivity index (χ3v) is 4.03. The Bertz CT molecular complexity index is 570. The van der Waals surface area contributed by atoms with E-state index in [4.69, 9.17) is 5.73 Å². The smallest absolute Gasteiger partial charge is 0.292 e. The Hall–Kier alpha value is -2.19. The molecular formula is C14H20N4O4. The maximum Gasteiger partial charge on any atom is 0.292 e. The number of piperazine rings is 1. The number of hydrogen-bond donors (Lipinski definition) is 2. The molecule has 2 rings (SSSR count). The van der Waals surface area contributed by atoms with Crippen molar-refractivity contribution in [2.24, 2.45) is 5.73 Å². The van der Waals surface area contributed by atoms with E-state index in [0.717, 1.165) is 0 Å². The van der Waals surface area contributed by atoms with Gasteiger partial charge in [0.1, 0.15) is 5.69 Å². The third-order valence-electron chi connectivity index (χ3n) is 4.03. The number of nitro benzene ring substituents is 1. The minimum Gasteiger partial charge on any atom is -0.392 e. The number of aliphatic hydroxyl groups is 1. The molecule has 1 unspecified atom stereocenters. The summed E-state index contributed by atoms with van der Waals surface area (Å²) in [5.74, 6) is -0.373. The summed E-state index contributed by atoms with van der Waals surface area (Å²) in [6.07, 6.45) is 0. The number of nitro groups is 1. The van der Waals surface area contributed by atoms with Crippen LogP contribution in [-0.2, 0) is 11.4 Å². The second-order valence-electron chi connectivity index (χ2n) is 5.34. The lowest BCUT2D eigenvalue weighted by molar-refractivity contribution is -0.384. The molecule has 1 heterocycles. The Morgan fingerprint density at radius 2 is 2.05 bits per heavy atom. The standard InChI is InChI=1S/C14H20N4O4/c1-10(14(15)20)16-4-6-17(7-5-16)13-8-11(9-19)2-3-12(13)18(21)22/h2-3,8,10,19H,4-7,9H2,1H3,(H2,15,20). The predicted molar refractivity (Wildman–Crippen MR) is 81.5 cm³/mol. The minimum atomic E-state index is -0.422. The van der Waals surface area contributed by atoms with Gasteiger partial charge in [-0.2, -0.15) is 0 Å². The van der Waals surface area contributed by atoms with Crippen LogP contribution in [-0.4, -0.2) is 53.1 Å². The first-order chi connectivity index (χ1) is 10.4. The molecule has 0 aliphatic carbocycles. The second-order valence-corrected chi connectivity index (χ2v) is 5.34. The topological polar surface area (TPSA) is 113 Å². The van der Waals surface area contributed by atoms with E-state index in [9.17, 15) is 20.0 Å². The van der Waals surface area contributed by atoms with Crippen molar-refractivity contribution in [2.75, 3.05) is 31.1 Å². The van der Waals surface area contributed by atoms with Crippen LogP contribution in [0.4, 0.5) is 11.4 Å². The summed E-state index contributed by atoms with van der Waals surface area (Å²) in [6.45, 7) is 3.92. The molecule has 0 saturated carbocycles. The van der Waals surface area contributed by atoms with Gasteiger partial charge in [-0.3, -0.25) is 19.8 Å². The van der Waals surface area contributed by atoms with Crippen LogP contribution in [0, 0.1) is 10.1 Å². The summed E-state index contributed by atoms with van der Waals surface area (Å²) >= 11 is 0. The molecule has 1 amide bonds. The van der Waals surface area contributed by atoms with Gasteiger partial charge in [0.2, 0.25) is 5.91 Å². The normalized spacial score (nSPS) is 17.3. The van der Waals surface area contributed by atoms with Gasteiger partial charge < -0.3 is 15.7 Å². The van der Waals surface area contributed by atoms with Crippen LogP contribution in [0.15, 0.2) is 18.2 Å². The van der Waals surface area contributed by atoms with Gasteiger partial charge >= 0.3 is 0 Å². The molecule has 1 aromatic carbocycles. The molecule has 0 radical (unpaired) electrons. The van der Waals surface area contributed by atoms with E-state index in [1.165, 1.54) is 6.07 Å². The fourth-order valence-electron chi connectivity index (χ4n) is 2.61. The van der Waals surface area contributed by atoms with Crippen molar-refractivity contribution in [3.05, 3.63) is 33.9 Å². The van der Waals surface area contributed by atoms with E-state index in [-0.39, 0.29) is 24.2 Å². The van der Waals surface area contributed by atoms with Gasteiger partial charge in [-0.1, -0.05) is 0 Å². The first kappa shape index (κ1) is 16.2. The number of carbonyl (C=O) groups is 1. The van der Waals surface area contributed by atoms with Crippen molar-refractivity contribution in [1.82, 2.24) is 4.90 Å². The van der Waals surface area contributed by atoms with E-state index in [1.807, 2.05) is 9.80 Å². The van der Waals surface area contributed by atoms with Crippen LogP contribution < -0.4 is 10.6 Å². The fraction of sp³-hybridized carbons (Fsp3) is 0.500. The molecule has 1 atom stereocenters. The van der Waals surface area contributed by atoms with Crippen LogP contribution in [0.25, 0.3) is 0 Å². The summed E-state index contributed by atoms with van der Waals surface area (Å²) < 4.78 is 0. The van der Waals surface area contributed by atoms with E-state index < -0.39 is 4.92 Å². The molecule has 1 saturated heterocycles. The number of rotatable bonds is 5. The second kappa shape index (κ2) is 6.71. The molecular weight excluding hydrogens is 288 g/mol. The highest BCUT2D eigenvalue weighted by Crippen LogP contribution is 2.30. The number of nitrogens with two attached hydrogens (primary N) is 1. The van der Waals surface area contributed by atoms with Gasteiger partial charge in [0.15, 0.2) is 0 Å². The predicted octanol–water partition coefficient (Wildman–Crippen LogP) is 0.0829. The number of nitrogens with zero attached hydrogens (tertiary/aromatic N) is 3. The lowest BCUT2D eigenvalue weighted by Gasteiger charge is -2.37. The van der Waals surface area contributed by atoms with Crippen LogP contribution >= 0.6 is 0 Å². The molecule has 8 nitrogen and oxygen atoms in total. The first-order valence-corrected chi connectivity index (χ1v) is 7.10. The van der Waals surface area contributed by atoms with Crippen molar-refractivity contribution in [3.8, 4) is 0 Å². The van der Waals surface area contributed by atoms with E-state index in [1.54, 1.807) is 19.1 Å². The summed E-state index contributed by atoms with van der Waals surface area (Å²) in [5, 5.41) is 20.4. The zero-order valence-corrected chi connectivity index (χ0v) is 12.4. The Balaban J connectivity index is 2.17. The van der Waals surface area contributed by atoms with E-state index in [2.05, 4.69) is 0 Å². The maximum atomic E-state index is 11.2. The van der Waals surface area contributed by atoms with Gasteiger partial charge in [0.25, 0.3) is 5.69 Å². The number of primary amides is 1. The van der Waals surface area contributed by atoms with Crippen LogP contribution in [0.3, 0.4) is 0 Å². The lowest BCUT2D eigenvalue weighted by atomic mass is 10.1. The Morgan fingerprint density at radius 3 is 2.55 bits per heavy atom. The highest BCUT2D eigenvalue weighted by molar-refractivity contribution is 5.79. The van der Waals surface area contributed by atoms with Crippen molar-refractivity contribution >= 4 is 17.3 Å². The van der Waals surface area contributed by atoms with Gasteiger partial charge in [-0.25, -0.2) is 0 Å². The molecule has 1 fully saturated rings. The third kappa shape index (κ3) is 3.34. The van der Waals surface area contributed by atoms with E-state index in [0.29, 0.717) is 37.4 Å². The van der Waals surface area contributed by atoms with Crippen LogP contribution in [0.1, 0.15) is 12.5 Å². The molecule has 1 aromatic rings. The average molecular weight is 308 g/mol. The van der Waals surface area contributed by atoms with E-state index >= 15 is 0 Å². The molecule has 22 heavy (non-hydrogen) atoms. The summed E-state index contributed by atoms with van der Waals surface area (Å²) in [4.78, 5) is 25.8. The molecule has 3 N–H and O–H groups in total. The molecule has 1 aliphatic rings. The molecule has 0 aromatic heterocycles. The van der Waals surface area contributed by atoms with Crippen molar-refractivity contribution in [2.45, 2.75) is 19.6 Å². The van der Waals surface area contributed by atoms with Crippen LogP contribution in [0.2, 0.25) is 0 Å². The highest BCUT2D eigenvalue weighted by atomic mass is 16.6. The Labute approximate surface area is 128 Å². The summed E-state index contributed by atoms with van der Waals surface area (Å²) in [5.41, 5.74) is 6.46. The quantitative estimate of drug-likeness (QED) is 0.588. The van der Waals surface area contributed by atoms with Crippen molar-refractivity contribution in [1.29, 1.82) is 0 Å². The first-order valence-electron chi connectivity index (χ1n) is 7.10. The maximum absolute atomic E-state index is 11.2. The molecule has 0 bridgehead atoms. The monoisotopic (exact) mass is 308 g/mol. The SMILES string of the molecule is CC(C(N)=O)N1CCN(c2cc(CO)ccc2[N+](=O)[O-])CC1. The van der Waals surface area contributed by atoms with Gasteiger partial charge in [-0.05, 0) is 24.6 Å². The fourth-order valence-corrected chi connectivity index (χ4v) is 2.61. The highest BCUT2D eigenvalue weighted by Gasteiger charge is 2.27. The number of hydrogen-bond acceptors (Lipinski definition) is 6. The number of carbonyl (C=O) groups excluding carboxylic acids is 1. The number of anilines is 1. The molecule has 120 valence electrons. The Kier molecular flexibility index (Phi) is 4.94. The van der Waals surface area contributed by atoms with Crippen molar-refractivity contribution < 1.29 is 14.8 Å². The minimum absolute atomic E-state index is 0.0219. The zero-order valence-electron chi connectivity index (χ0n) is 12.4. The summed E-state index contributed by atoms with van der Waals surface area (Å²) in [7, 11) is 0. The molecule has 8 heteroatoms. The molecule has 0 spiro atoms. The lowest BCUT2D eigenvalue weighted by Crippen LogP contribution is -2.53. The largest absolute Gasteiger partial charge is 0.392 e. The number of benzene rings is 1. The van der Waals surface area contributed by atoms with Crippen molar-refractivity contribution in [3.63, 3.8) is 0 Å².